The first-order valence-electron chi connectivity index (χ1n) is 7.80. The van der Waals surface area contributed by atoms with Crippen molar-refractivity contribution in [1.82, 2.24) is 9.80 Å². The molecule has 5 heteroatoms. The van der Waals surface area contributed by atoms with Gasteiger partial charge in [-0.2, -0.15) is 0 Å². The number of hydrogen-bond donors (Lipinski definition) is 0. The van der Waals surface area contributed by atoms with Gasteiger partial charge in [0.05, 0.1) is 12.0 Å². The quantitative estimate of drug-likeness (QED) is 0.842. The van der Waals surface area contributed by atoms with E-state index in [0.717, 1.165) is 18.5 Å². The lowest BCUT2D eigenvalue weighted by Gasteiger charge is -2.21. The Bertz CT molecular complexity index is 546. The summed E-state index contributed by atoms with van der Waals surface area (Å²) in [7, 11) is 1.68. The number of rotatable bonds is 4. The Kier molecular flexibility index (Phi) is 4.43. The van der Waals surface area contributed by atoms with E-state index in [-0.39, 0.29) is 23.8 Å². The minimum Gasteiger partial charge on any atom is -0.380 e. The second kappa shape index (κ2) is 6.48. The van der Waals surface area contributed by atoms with Crippen molar-refractivity contribution >= 4 is 11.8 Å². The molecular weight excluding hydrogens is 280 g/mol. The van der Waals surface area contributed by atoms with E-state index in [1.54, 1.807) is 12.0 Å². The predicted octanol–water partition coefficient (Wildman–Crippen LogP) is 1.28. The topological polar surface area (TPSA) is 49.9 Å². The van der Waals surface area contributed by atoms with Gasteiger partial charge in [-0.1, -0.05) is 30.3 Å². The summed E-state index contributed by atoms with van der Waals surface area (Å²) in [4.78, 5) is 28.3. The van der Waals surface area contributed by atoms with Crippen molar-refractivity contribution in [1.29, 1.82) is 0 Å². The SMILES string of the molecule is COC1CCN(C(=O)C2CC(=O)N(Cc3ccccc3)C2)C1. The number of hydrogen-bond acceptors (Lipinski definition) is 3. The molecule has 2 aliphatic heterocycles. The molecular formula is C17H22N2O3. The molecule has 2 atom stereocenters. The van der Waals surface area contributed by atoms with E-state index in [1.165, 1.54) is 0 Å². The Labute approximate surface area is 130 Å². The van der Waals surface area contributed by atoms with Gasteiger partial charge in [-0.05, 0) is 12.0 Å². The third kappa shape index (κ3) is 3.14. The highest BCUT2D eigenvalue weighted by Crippen LogP contribution is 2.24. The minimum absolute atomic E-state index is 0.0738. The maximum atomic E-state index is 12.5. The van der Waals surface area contributed by atoms with E-state index in [2.05, 4.69) is 0 Å². The van der Waals surface area contributed by atoms with Gasteiger partial charge in [0, 0.05) is 39.7 Å². The molecule has 2 unspecified atom stereocenters. The molecule has 22 heavy (non-hydrogen) atoms. The number of ether oxygens (including phenoxy) is 1. The Morgan fingerprint density at radius 1 is 1.27 bits per heavy atom. The lowest BCUT2D eigenvalue weighted by molar-refractivity contribution is -0.135. The summed E-state index contributed by atoms with van der Waals surface area (Å²) in [6, 6.07) is 9.90. The molecule has 1 aromatic rings. The molecule has 5 nitrogen and oxygen atoms in total. The second-order valence-corrected chi connectivity index (χ2v) is 6.09. The fourth-order valence-electron chi connectivity index (χ4n) is 3.27. The van der Waals surface area contributed by atoms with Crippen LogP contribution in [0.25, 0.3) is 0 Å². The molecule has 1 aromatic carbocycles. The van der Waals surface area contributed by atoms with Gasteiger partial charge in [0.2, 0.25) is 11.8 Å². The Morgan fingerprint density at radius 3 is 2.73 bits per heavy atom. The van der Waals surface area contributed by atoms with E-state index >= 15 is 0 Å². The first kappa shape index (κ1) is 15.0. The summed E-state index contributed by atoms with van der Waals surface area (Å²) in [5.41, 5.74) is 1.10. The number of benzene rings is 1. The van der Waals surface area contributed by atoms with Gasteiger partial charge < -0.3 is 14.5 Å². The molecule has 0 saturated carbocycles. The maximum absolute atomic E-state index is 12.5. The van der Waals surface area contributed by atoms with Gasteiger partial charge >= 0.3 is 0 Å². The summed E-state index contributed by atoms with van der Waals surface area (Å²) < 4.78 is 5.30. The summed E-state index contributed by atoms with van der Waals surface area (Å²) >= 11 is 0. The fraction of sp³-hybridized carbons (Fsp3) is 0.529. The number of carbonyl (C=O) groups excluding carboxylic acids is 2. The van der Waals surface area contributed by atoms with Gasteiger partial charge in [0.25, 0.3) is 0 Å². The Balaban J connectivity index is 1.58. The number of methoxy groups -OCH3 is 1. The Morgan fingerprint density at radius 2 is 2.05 bits per heavy atom. The van der Waals surface area contributed by atoms with Crippen molar-refractivity contribution in [2.45, 2.75) is 25.5 Å². The van der Waals surface area contributed by atoms with E-state index in [0.29, 0.717) is 26.1 Å². The van der Waals surface area contributed by atoms with Crippen molar-refractivity contribution in [2.24, 2.45) is 5.92 Å². The molecule has 3 rings (SSSR count). The van der Waals surface area contributed by atoms with Gasteiger partial charge in [-0.25, -0.2) is 0 Å². The molecule has 0 aliphatic carbocycles. The van der Waals surface area contributed by atoms with Crippen LogP contribution in [0.15, 0.2) is 30.3 Å². The van der Waals surface area contributed by atoms with E-state index in [1.807, 2.05) is 35.2 Å². The van der Waals surface area contributed by atoms with Crippen LogP contribution in [-0.4, -0.2) is 54.5 Å². The molecule has 2 amide bonds. The van der Waals surface area contributed by atoms with Crippen LogP contribution in [0.5, 0.6) is 0 Å². The zero-order valence-corrected chi connectivity index (χ0v) is 12.9. The zero-order valence-electron chi connectivity index (χ0n) is 12.9. The van der Waals surface area contributed by atoms with Gasteiger partial charge in [0.15, 0.2) is 0 Å². The van der Waals surface area contributed by atoms with Crippen molar-refractivity contribution in [3.05, 3.63) is 35.9 Å². The lowest BCUT2D eigenvalue weighted by atomic mass is 10.1. The molecule has 2 heterocycles. The van der Waals surface area contributed by atoms with Crippen molar-refractivity contribution in [3.8, 4) is 0 Å². The summed E-state index contributed by atoms with van der Waals surface area (Å²) in [5, 5.41) is 0. The zero-order chi connectivity index (χ0) is 15.5. The number of amides is 2. The van der Waals surface area contributed by atoms with Crippen LogP contribution in [0, 0.1) is 5.92 Å². The van der Waals surface area contributed by atoms with E-state index in [9.17, 15) is 9.59 Å². The minimum atomic E-state index is -0.202. The van der Waals surface area contributed by atoms with Gasteiger partial charge in [-0.15, -0.1) is 0 Å². The van der Waals surface area contributed by atoms with Crippen LogP contribution >= 0.6 is 0 Å². The molecule has 2 fully saturated rings. The Hall–Kier alpha value is -1.88. The molecule has 2 saturated heterocycles. The average molecular weight is 302 g/mol. The highest BCUT2D eigenvalue weighted by atomic mass is 16.5. The molecule has 0 aromatic heterocycles. The second-order valence-electron chi connectivity index (χ2n) is 6.09. The average Bonchev–Trinajstić information content (AvgIpc) is 3.15. The van der Waals surface area contributed by atoms with Crippen LogP contribution in [0.1, 0.15) is 18.4 Å². The van der Waals surface area contributed by atoms with Crippen LogP contribution < -0.4 is 0 Å². The molecule has 0 spiro atoms. The maximum Gasteiger partial charge on any atom is 0.228 e. The predicted molar refractivity (Wildman–Crippen MR) is 82.0 cm³/mol. The summed E-state index contributed by atoms with van der Waals surface area (Å²) in [6.07, 6.45) is 1.36. The smallest absolute Gasteiger partial charge is 0.228 e. The highest BCUT2D eigenvalue weighted by Gasteiger charge is 2.38. The number of likely N-dealkylation sites (tertiary alicyclic amines) is 2. The van der Waals surface area contributed by atoms with Crippen LogP contribution in [0.3, 0.4) is 0 Å². The van der Waals surface area contributed by atoms with Crippen LogP contribution in [-0.2, 0) is 20.9 Å². The van der Waals surface area contributed by atoms with E-state index < -0.39 is 0 Å². The number of nitrogens with zero attached hydrogens (tertiary/aromatic N) is 2. The monoisotopic (exact) mass is 302 g/mol. The van der Waals surface area contributed by atoms with Gasteiger partial charge in [0.1, 0.15) is 0 Å². The van der Waals surface area contributed by atoms with Crippen molar-refractivity contribution in [3.63, 3.8) is 0 Å². The molecule has 0 bridgehead atoms. The van der Waals surface area contributed by atoms with E-state index in [4.69, 9.17) is 4.74 Å². The molecule has 0 radical (unpaired) electrons. The van der Waals surface area contributed by atoms with Gasteiger partial charge in [-0.3, -0.25) is 9.59 Å². The fourth-order valence-corrected chi connectivity index (χ4v) is 3.27. The first-order valence-corrected chi connectivity index (χ1v) is 7.80. The van der Waals surface area contributed by atoms with Crippen LogP contribution in [0.4, 0.5) is 0 Å². The third-order valence-corrected chi connectivity index (χ3v) is 4.57. The molecule has 118 valence electrons. The standard InChI is InChI=1S/C17H22N2O3/c1-22-15-7-8-18(12-15)17(21)14-9-16(20)19(11-14)10-13-5-3-2-4-6-13/h2-6,14-15H,7-12H2,1H3. The lowest BCUT2D eigenvalue weighted by Crippen LogP contribution is -2.36. The van der Waals surface area contributed by atoms with Crippen molar-refractivity contribution < 1.29 is 14.3 Å². The first-order chi connectivity index (χ1) is 10.7. The van der Waals surface area contributed by atoms with Crippen molar-refractivity contribution in [2.75, 3.05) is 26.7 Å². The largest absolute Gasteiger partial charge is 0.380 e. The summed E-state index contributed by atoms with van der Waals surface area (Å²) in [6.45, 7) is 2.50. The third-order valence-electron chi connectivity index (χ3n) is 4.57. The highest BCUT2D eigenvalue weighted by molar-refractivity contribution is 5.89. The normalized spacial score (nSPS) is 25.0. The summed E-state index contributed by atoms with van der Waals surface area (Å²) in [5.74, 6) is -0.0278. The molecule has 2 aliphatic rings. The van der Waals surface area contributed by atoms with Crippen LogP contribution in [0.2, 0.25) is 0 Å². The number of carbonyl (C=O) groups is 2. The molecule has 0 N–H and O–H groups in total.